The van der Waals surface area contributed by atoms with Crippen LogP contribution in [0.15, 0.2) is 53.8 Å². The number of carbonyl (C=O) groups excluding carboxylic acids is 4. The molecule has 1 atom stereocenters. The first-order chi connectivity index (χ1) is 27.7. The van der Waals surface area contributed by atoms with Gasteiger partial charge in [0.2, 0.25) is 0 Å². The molecule has 0 N–H and O–H groups in total. The molecule has 0 bridgehead atoms. The molecule has 57 heavy (non-hydrogen) atoms. The van der Waals surface area contributed by atoms with Gasteiger partial charge in [-0.05, 0) is 62.1 Å². The molecule has 9 rings (SSSR count). The summed E-state index contributed by atoms with van der Waals surface area (Å²) in [5.41, 5.74) is 5.68. The number of aromatic nitrogens is 2. The number of hydrogen-bond acceptors (Lipinski definition) is 13. The fourth-order valence-corrected chi connectivity index (χ4v) is 9.25. The Balaban J connectivity index is 0.692. The molecule has 5 aliphatic heterocycles. The van der Waals surface area contributed by atoms with Crippen molar-refractivity contribution >= 4 is 40.6 Å². The number of ether oxygens (including phenoxy) is 1. The van der Waals surface area contributed by atoms with Crippen LogP contribution in [0.25, 0.3) is 0 Å². The first-order valence-electron chi connectivity index (χ1n) is 20.6. The van der Waals surface area contributed by atoms with Gasteiger partial charge < -0.3 is 19.4 Å². The van der Waals surface area contributed by atoms with Gasteiger partial charge >= 0.3 is 0 Å². The zero-order valence-corrected chi connectivity index (χ0v) is 32.9. The summed E-state index contributed by atoms with van der Waals surface area (Å²) in [7, 11) is 0. The van der Waals surface area contributed by atoms with Crippen molar-refractivity contribution in [2.75, 3.05) is 94.9 Å². The van der Waals surface area contributed by atoms with E-state index in [0.29, 0.717) is 23.6 Å². The Hall–Kier alpha value is -5.05. The monoisotopic (exact) mass is 773 g/mol. The van der Waals surface area contributed by atoms with Crippen LogP contribution in [0.4, 0.5) is 11.5 Å². The number of aliphatic imine (C=N–C) groups is 1. The van der Waals surface area contributed by atoms with Crippen molar-refractivity contribution in [3.63, 3.8) is 0 Å². The molecule has 3 saturated heterocycles. The predicted molar refractivity (Wildman–Crippen MR) is 215 cm³/mol. The first kappa shape index (κ1) is 37.5. The van der Waals surface area contributed by atoms with Crippen molar-refractivity contribution in [3.8, 4) is 5.75 Å². The van der Waals surface area contributed by atoms with E-state index in [2.05, 4.69) is 52.7 Å². The van der Waals surface area contributed by atoms with Gasteiger partial charge in [-0.2, -0.15) is 0 Å². The van der Waals surface area contributed by atoms with E-state index < -0.39 is 17.9 Å². The second kappa shape index (κ2) is 15.7. The molecule has 1 aromatic heterocycles. The van der Waals surface area contributed by atoms with Crippen LogP contribution in [-0.4, -0.2) is 156 Å². The van der Waals surface area contributed by atoms with Crippen LogP contribution >= 0.6 is 0 Å². The molecule has 4 fully saturated rings. The van der Waals surface area contributed by atoms with E-state index in [1.165, 1.54) is 5.56 Å². The molecule has 14 heteroatoms. The standard InChI is InChI=1S/C43H51N9O5/c1-28(2)57-33-6-3-30-23-44-41(35(30)21-33)37-22-40(46-27-45-37)51-17-11-47(12-18-51)9-10-49-25-29(26-49)24-48-13-15-50(16-14-48)31-4-7-34-36(19-31)43(56)52(42(34)55)38-8-5-32(53)20-39(38)54/h3-4,6-7,19,21-22,27-29,38H,5,8-18,20,23-26H2,1-2H3. The van der Waals surface area contributed by atoms with Crippen molar-refractivity contribution in [3.05, 3.63) is 76.7 Å². The van der Waals surface area contributed by atoms with Gasteiger partial charge in [0.25, 0.3) is 11.8 Å². The number of imide groups is 1. The fraction of sp³-hybridized carbons (Fsp3) is 0.512. The Labute approximate surface area is 333 Å². The van der Waals surface area contributed by atoms with Crippen molar-refractivity contribution in [2.45, 2.75) is 51.8 Å². The number of fused-ring (bicyclic) bond motifs is 2. The van der Waals surface area contributed by atoms with E-state index in [0.717, 1.165) is 124 Å². The van der Waals surface area contributed by atoms with E-state index in [9.17, 15) is 19.2 Å². The molecule has 1 saturated carbocycles. The van der Waals surface area contributed by atoms with E-state index in [-0.39, 0.29) is 36.9 Å². The highest BCUT2D eigenvalue weighted by molar-refractivity contribution is 6.24. The summed E-state index contributed by atoms with van der Waals surface area (Å²) in [5, 5.41) is 0. The molecule has 6 heterocycles. The van der Waals surface area contributed by atoms with Gasteiger partial charge in [-0.3, -0.25) is 38.9 Å². The third-order valence-electron chi connectivity index (χ3n) is 12.4. The lowest BCUT2D eigenvalue weighted by atomic mass is 9.92. The number of likely N-dealkylation sites (tertiary alicyclic amines) is 1. The summed E-state index contributed by atoms with van der Waals surface area (Å²) >= 11 is 0. The topological polar surface area (TPSA) is 135 Å². The molecule has 3 aromatic rings. The Morgan fingerprint density at radius 1 is 0.754 bits per heavy atom. The van der Waals surface area contributed by atoms with Crippen molar-refractivity contribution < 1.29 is 23.9 Å². The largest absolute Gasteiger partial charge is 0.491 e. The van der Waals surface area contributed by atoms with Gasteiger partial charge in [0, 0.05) is 109 Å². The maximum Gasteiger partial charge on any atom is 0.262 e. The van der Waals surface area contributed by atoms with E-state index in [1.807, 2.05) is 32.0 Å². The number of ketones is 2. The van der Waals surface area contributed by atoms with E-state index in [4.69, 9.17) is 9.73 Å². The molecule has 1 aliphatic carbocycles. The SMILES string of the molecule is CC(C)Oc1ccc2c(c1)C(c1cc(N3CCN(CCN4CC(CN5CCN(c6ccc7c(c6)C(=O)N(C6CCC(=O)CC6=O)C7=O)CC5)C4)CC3)ncn1)=NC2. The fourth-order valence-electron chi connectivity index (χ4n) is 9.25. The molecule has 1 unspecified atom stereocenters. The van der Waals surface area contributed by atoms with Crippen molar-refractivity contribution in [2.24, 2.45) is 10.9 Å². The van der Waals surface area contributed by atoms with Gasteiger partial charge in [-0.15, -0.1) is 0 Å². The zero-order valence-electron chi connectivity index (χ0n) is 32.9. The number of anilines is 2. The molecule has 0 radical (unpaired) electrons. The summed E-state index contributed by atoms with van der Waals surface area (Å²) in [6, 6.07) is 12.9. The smallest absolute Gasteiger partial charge is 0.262 e. The molecule has 2 amide bonds. The summed E-state index contributed by atoms with van der Waals surface area (Å²) in [4.78, 5) is 78.2. The molecular weight excluding hydrogens is 723 g/mol. The van der Waals surface area contributed by atoms with Gasteiger partial charge in [0.05, 0.1) is 47.6 Å². The van der Waals surface area contributed by atoms with Crippen LogP contribution in [0.3, 0.4) is 0 Å². The minimum atomic E-state index is -0.844. The Bertz CT molecular complexity index is 2100. The van der Waals surface area contributed by atoms with Crippen LogP contribution in [-0.2, 0) is 16.1 Å². The van der Waals surface area contributed by atoms with Gasteiger partial charge in [-0.1, -0.05) is 6.07 Å². The zero-order chi connectivity index (χ0) is 39.2. The average molecular weight is 774 g/mol. The molecule has 298 valence electrons. The highest BCUT2D eigenvalue weighted by Gasteiger charge is 2.44. The third-order valence-corrected chi connectivity index (χ3v) is 12.4. The average Bonchev–Trinajstić information content (AvgIpc) is 3.73. The van der Waals surface area contributed by atoms with Crippen molar-refractivity contribution in [1.29, 1.82) is 0 Å². The maximum atomic E-state index is 13.3. The molecule has 14 nitrogen and oxygen atoms in total. The lowest BCUT2D eigenvalue weighted by Crippen LogP contribution is -2.56. The number of Topliss-reactive ketones (excluding diaryl/α,β-unsaturated/α-hetero) is 2. The highest BCUT2D eigenvalue weighted by Crippen LogP contribution is 2.33. The Morgan fingerprint density at radius 2 is 1.49 bits per heavy atom. The van der Waals surface area contributed by atoms with Gasteiger partial charge in [0.15, 0.2) is 5.78 Å². The lowest BCUT2D eigenvalue weighted by Gasteiger charge is -2.45. The summed E-state index contributed by atoms with van der Waals surface area (Å²) < 4.78 is 5.95. The molecule has 2 aromatic carbocycles. The minimum absolute atomic E-state index is 0.111. The number of amides is 2. The summed E-state index contributed by atoms with van der Waals surface area (Å²) in [6.45, 7) is 17.8. The Kier molecular flexibility index (Phi) is 10.3. The minimum Gasteiger partial charge on any atom is -0.491 e. The van der Waals surface area contributed by atoms with Crippen molar-refractivity contribution in [1.82, 2.24) is 29.6 Å². The van der Waals surface area contributed by atoms with Gasteiger partial charge in [0.1, 0.15) is 23.7 Å². The van der Waals surface area contributed by atoms with Crippen LogP contribution in [0.5, 0.6) is 5.75 Å². The second-order valence-electron chi connectivity index (χ2n) is 16.6. The molecule has 6 aliphatic rings. The molecule has 0 spiro atoms. The van der Waals surface area contributed by atoms with Gasteiger partial charge in [-0.25, -0.2) is 9.97 Å². The summed E-state index contributed by atoms with van der Waals surface area (Å²) in [5.74, 6) is 1.16. The highest BCUT2D eigenvalue weighted by atomic mass is 16.5. The van der Waals surface area contributed by atoms with Crippen LogP contribution < -0.4 is 14.5 Å². The van der Waals surface area contributed by atoms with Crippen LogP contribution in [0.2, 0.25) is 0 Å². The predicted octanol–water partition coefficient (Wildman–Crippen LogP) is 2.78. The normalized spacial score (nSPS) is 22.3. The number of benzene rings is 2. The van der Waals surface area contributed by atoms with Crippen LogP contribution in [0, 0.1) is 5.92 Å². The number of rotatable bonds is 11. The van der Waals surface area contributed by atoms with E-state index >= 15 is 0 Å². The lowest BCUT2D eigenvalue weighted by molar-refractivity contribution is -0.132. The quantitative estimate of drug-likeness (QED) is 0.210. The first-order valence-corrected chi connectivity index (χ1v) is 20.6. The van der Waals surface area contributed by atoms with E-state index in [1.54, 1.807) is 12.4 Å². The number of carbonyl (C=O) groups is 4. The number of hydrogen-bond donors (Lipinski definition) is 0. The number of piperazine rings is 2. The molecular formula is C43H51N9O5. The van der Waals surface area contributed by atoms with Crippen LogP contribution in [0.1, 0.15) is 70.6 Å². The number of nitrogens with zero attached hydrogens (tertiary/aromatic N) is 9. The summed E-state index contributed by atoms with van der Waals surface area (Å²) in [6.07, 6.45) is 2.00. The maximum absolute atomic E-state index is 13.3. The second-order valence-corrected chi connectivity index (χ2v) is 16.6. The Morgan fingerprint density at radius 3 is 2.26 bits per heavy atom. The third kappa shape index (κ3) is 7.70.